The first-order chi connectivity index (χ1) is 12.5. The van der Waals surface area contributed by atoms with Gasteiger partial charge in [0.25, 0.3) is 10.1 Å². The second-order valence-electron chi connectivity index (χ2n) is 5.84. The van der Waals surface area contributed by atoms with Crippen LogP contribution >= 0.6 is 0 Å². The summed E-state index contributed by atoms with van der Waals surface area (Å²) >= 11 is 0. The van der Waals surface area contributed by atoms with Gasteiger partial charge in [0.15, 0.2) is 0 Å². The average Bonchev–Trinajstić information content (AvgIpc) is 2.67. The van der Waals surface area contributed by atoms with Crippen LogP contribution in [0.2, 0.25) is 0 Å². The Hall–Kier alpha value is -2.94. The van der Waals surface area contributed by atoms with Gasteiger partial charge >= 0.3 is 0 Å². The van der Waals surface area contributed by atoms with E-state index in [0.29, 0.717) is 11.1 Å². The Morgan fingerprint density at radius 1 is 0.923 bits per heavy atom. The minimum atomic E-state index is -3.81. The smallest absolute Gasteiger partial charge is 0.262 e. The van der Waals surface area contributed by atoms with Crippen LogP contribution in [0.1, 0.15) is 16.7 Å². The van der Waals surface area contributed by atoms with Crippen LogP contribution in [0.5, 0.6) is 0 Å². The maximum absolute atomic E-state index is 12.3. The molecule has 4 nitrogen and oxygen atoms in total. The maximum atomic E-state index is 12.3. The molecule has 0 unspecified atom stereocenters. The Labute approximate surface area is 153 Å². The Morgan fingerprint density at radius 3 is 2.27 bits per heavy atom. The third-order valence-corrected chi connectivity index (χ3v) is 5.48. The quantitative estimate of drug-likeness (QED) is 0.629. The predicted octanol–water partition coefficient (Wildman–Crippen LogP) is 4.44. The van der Waals surface area contributed by atoms with Gasteiger partial charge < -0.3 is 0 Å². The molecule has 130 valence electrons. The summed E-state index contributed by atoms with van der Waals surface area (Å²) in [6, 6.07) is 23.6. The van der Waals surface area contributed by atoms with Gasteiger partial charge in [-0.1, -0.05) is 60.7 Å². The van der Waals surface area contributed by atoms with Crippen molar-refractivity contribution in [1.82, 2.24) is 0 Å². The van der Waals surface area contributed by atoms with E-state index in [2.05, 4.69) is 6.07 Å². The maximum Gasteiger partial charge on any atom is 0.297 e. The fraction of sp³-hybridized carbons (Fsp3) is 0.0952. The summed E-state index contributed by atoms with van der Waals surface area (Å²) in [5.74, 6) is 0. The Bertz CT molecular complexity index is 1060. The fourth-order valence-electron chi connectivity index (χ4n) is 2.66. The molecule has 0 aromatic heterocycles. The van der Waals surface area contributed by atoms with Crippen LogP contribution in [0.3, 0.4) is 0 Å². The van der Waals surface area contributed by atoms with Gasteiger partial charge in [0.1, 0.15) is 0 Å². The van der Waals surface area contributed by atoms with Gasteiger partial charge in [-0.25, -0.2) is 0 Å². The molecule has 0 aliphatic rings. The van der Waals surface area contributed by atoms with Crippen LogP contribution in [-0.2, 0) is 20.9 Å². The molecular weight excluding hydrogens is 346 g/mol. The average molecular weight is 363 g/mol. The third kappa shape index (κ3) is 3.83. The number of aryl methyl sites for hydroxylation is 1. The molecule has 3 aromatic rings. The molecule has 0 heterocycles. The van der Waals surface area contributed by atoms with Gasteiger partial charge in [0.2, 0.25) is 0 Å². The molecule has 0 aliphatic carbocycles. The SMILES string of the molecule is Cc1ccccc1S(=O)(=O)OCc1ccc(-c2ccccc2C#N)cc1. The van der Waals surface area contributed by atoms with Crippen molar-refractivity contribution in [2.75, 3.05) is 0 Å². The minimum absolute atomic E-state index is 0.0448. The summed E-state index contributed by atoms with van der Waals surface area (Å²) in [6.45, 7) is 1.69. The molecule has 0 N–H and O–H groups in total. The number of nitrogens with zero attached hydrogens (tertiary/aromatic N) is 1. The van der Waals surface area contributed by atoms with Crippen molar-refractivity contribution in [3.8, 4) is 17.2 Å². The van der Waals surface area contributed by atoms with E-state index in [1.807, 2.05) is 30.3 Å². The normalized spacial score (nSPS) is 11.1. The largest absolute Gasteiger partial charge is 0.297 e. The van der Waals surface area contributed by atoms with Crippen LogP contribution in [0.4, 0.5) is 0 Å². The van der Waals surface area contributed by atoms with Crippen molar-refractivity contribution in [2.45, 2.75) is 18.4 Å². The highest BCUT2D eigenvalue weighted by molar-refractivity contribution is 7.86. The summed E-state index contributed by atoms with van der Waals surface area (Å²) in [6.07, 6.45) is 0. The van der Waals surface area contributed by atoms with E-state index in [1.165, 1.54) is 6.07 Å². The number of rotatable bonds is 5. The summed E-state index contributed by atoms with van der Waals surface area (Å²) < 4.78 is 29.9. The molecule has 0 fully saturated rings. The standard InChI is InChI=1S/C21H17NO3S/c1-16-6-2-5-9-21(16)26(23,24)25-15-17-10-12-18(13-11-17)20-8-4-3-7-19(20)14-22/h2-13H,15H2,1H3. The zero-order valence-electron chi connectivity index (χ0n) is 14.2. The molecule has 3 rings (SSSR count). The van der Waals surface area contributed by atoms with Crippen LogP contribution in [-0.4, -0.2) is 8.42 Å². The van der Waals surface area contributed by atoms with E-state index < -0.39 is 10.1 Å². The van der Waals surface area contributed by atoms with Crippen LogP contribution in [0.25, 0.3) is 11.1 Å². The first-order valence-corrected chi connectivity index (χ1v) is 9.45. The zero-order valence-corrected chi connectivity index (χ0v) is 15.0. The van der Waals surface area contributed by atoms with Gasteiger partial charge in [-0.2, -0.15) is 13.7 Å². The lowest BCUT2D eigenvalue weighted by Gasteiger charge is -2.09. The van der Waals surface area contributed by atoms with Crippen molar-refractivity contribution in [3.05, 3.63) is 89.5 Å². The molecule has 0 radical (unpaired) electrons. The number of hydrogen-bond acceptors (Lipinski definition) is 4. The molecule has 0 bridgehead atoms. The second kappa shape index (κ2) is 7.52. The fourth-order valence-corrected chi connectivity index (χ4v) is 3.78. The van der Waals surface area contributed by atoms with Crippen LogP contribution in [0.15, 0.2) is 77.7 Å². The van der Waals surface area contributed by atoms with Crippen molar-refractivity contribution in [1.29, 1.82) is 5.26 Å². The van der Waals surface area contributed by atoms with E-state index in [4.69, 9.17) is 4.18 Å². The lowest BCUT2D eigenvalue weighted by Crippen LogP contribution is -2.08. The zero-order chi connectivity index (χ0) is 18.6. The van der Waals surface area contributed by atoms with E-state index in [1.54, 1.807) is 43.3 Å². The van der Waals surface area contributed by atoms with E-state index >= 15 is 0 Å². The number of benzene rings is 3. The van der Waals surface area contributed by atoms with Gasteiger partial charge in [-0.15, -0.1) is 0 Å². The lowest BCUT2D eigenvalue weighted by molar-refractivity contribution is 0.308. The lowest BCUT2D eigenvalue weighted by atomic mass is 9.99. The molecule has 0 saturated carbocycles. The second-order valence-corrected chi connectivity index (χ2v) is 7.42. The molecule has 0 aliphatic heterocycles. The molecule has 5 heteroatoms. The van der Waals surface area contributed by atoms with Gasteiger partial charge in [-0.3, -0.25) is 4.18 Å². The van der Waals surface area contributed by atoms with E-state index in [0.717, 1.165) is 16.7 Å². The summed E-state index contributed by atoms with van der Waals surface area (Å²) in [4.78, 5) is 0.180. The molecule has 0 atom stereocenters. The minimum Gasteiger partial charge on any atom is -0.262 e. The van der Waals surface area contributed by atoms with Gasteiger partial charge in [-0.05, 0) is 41.3 Å². The predicted molar refractivity (Wildman–Crippen MR) is 99.7 cm³/mol. The number of nitriles is 1. The highest BCUT2D eigenvalue weighted by Crippen LogP contribution is 2.24. The van der Waals surface area contributed by atoms with Crippen LogP contribution in [0, 0.1) is 18.3 Å². The van der Waals surface area contributed by atoms with Crippen LogP contribution < -0.4 is 0 Å². The molecular formula is C21H17NO3S. The summed E-state index contributed by atoms with van der Waals surface area (Å²) in [5, 5.41) is 9.20. The molecule has 0 amide bonds. The summed E-state index contributed by atoms with van der Waals surface area (Å²) in [7, 11) is -3.81. The highest BCUT2D eigenvalue weighted by Gasteiger charge is 2.17. The van der Waals surface area contributed by atoms with Crippen molar-refractivity contribution in [2.24, 2.45) is 0 Å². The monoisotopic (exact) mass is 363 g/mol. The topological polar surface area (TPSA) is 67.2 Å². The van der Waals surface area contributed by atoms with Crippen molar-refractivity contribution < 1.29 is 12.6 Å². The highest BCUT2D eigenvalue weighted by atomic mass is 32.2. The van der Waals surface area contributed by atoms with Gasteiger partial charge in [0.05, 0.1) is 23.1 Å². The molecule has 0 spiro atoms. The van der Waals surface area contributed by atoms with Gasteiger partial charge in [0, 0.05) is 0 Å². The Kier molecular flexibility index (Phi) is 5.17. The third-order valence-electron chi connectivity index (χ3n) is 4.06. The first-order valence-electron chi connectivity index (χ1n) is 8.05. The van der Waals surface area contributed by atoms with Crippen molar-refractivity contribution in [3.63, 3.8) is 0 Å². The van der Waals surface area contributed by atoms with Crippen molar-refractivity contribution >= 4 is 10.1 Å². The molecule has 3 aromatic carbocycles. The first kappa shape index (κ1) is 17.9. The number of hydrogen-bond donors (Lipinski definition) is 0. The Balaban J connectivity index is 1.76. The van der Waals surface area contributed by atoms with E-state index in [-0.39, 0.29) is 11.5 Å². The van der Waals surface area contributed by atoms with E-state index in [9.17, 15) is 13.7 Å². The molecule has 26 heavy (non-hydrogen) atoms. The summed E-state index contributed by atoms with van der Waals surface area (Å²) in [5.41, 5.74) is 3.72. The Morgan fingerprint density at radius 2 is 1.58 bits per heavy atom. The molecule has 0 saturated heterocycles.